The normalized spacial score (nSPS) is 10.4. The first kappa shape index (κ1) is 14.1. The molecule has 0 bridgehead atoms. The molecule has 0 aromatic rings. The second-order valence-electron chi connectivity index (χ2n) is 3.85. The summed E-state index contributed by atoms with van der Waals surface area (Å²) in [4.78, 5) is 22.4. The van der Waals surface area contributed by atoms with Gasteiger partial charge >= 0.3 is 0 Å². The molecule has 4 heteroatoms. The molecule has 2 N–H and O–H groups in total. The summed E-state index contributed by atoms with van der Waals surface area (Å²) in [5.41, 5.74) is 0. The number of Topliss-reactive ketones (excluding diaryl/α,β-unsaturated/α-hetero) is 1. The summed E-state index contributed by atoms with van der Waals surface area (Å²) in [6, 6.07) is 0. The molecule has 0 atom stereocenters. The first-order chi connectivity index (χ1) is 7.07. The summed E-state index contributed by atoms with van der Waals surface area (Å²) in [7, 11) is 0. The zero-order valence-electron chi connectivity index (χ0n) is 9.93. The Morgan fingerprint density at radius 2 is 1.93 bits per heavy atom. The van der Waals surface area contributed by atoms with Gasteiger partial charge in [0, 0.05) is 12.3 Å². The van der Waals surface area contributed by atoms with Gasteiger partial charge in [0.05, 0.1) is 6.54 Å². The molecule has 0 aromatic heterocycles. The fourth-order valence-electron chi connectivity index (χ4n) is 1.03. The molecule has 0 saturated carbocycles. The molecule has 0 aromatic carbocycles. The monoisotopic (exact) mass is 214 g/mol. The highest BCUT2D eigenvalue weighted by Crippen LogP contribution is 1.93. The smallest absolute Gasteiger partial charge is 0.220 e. The van der Waals surface area contributed by atoms with Crippen molar-refractivity contribution < 1.29 is 9.59 Å². The fraction of sp³-hybridized carbons (Fsp3) is 0.818. The van der Waals surface area contributed by atoms with Crippen LogP contribution in [0.5, 0.6) is 0 Å². The number of hydrogen-bond acceptors (Lipinski definition) is 3. The number of carbonyl (C=O) groups excluding carboxylic acids is 2. The molecular formula is C11H22N2O2. The highest BCUT2D eigenvalue weighted by Gasteiger charge is 2.08. The number of nitrogens with one attached hydrogen (secondary N) is 2. The van der Waals surface area contributed by atoms with Crippen LogP contribution in [-0.2, 0) is 9.59 Å². The maximum absolute atomic E-state index is 11.2. The Bertz CT molecular complexity index is 203. The van der Waals surface area contributed by atoms with Crippen molar-refractivity contribution in [2.24, 2.45) is 5.92 Å². The van der Waals surface area contributed by atoms with Gasteiger partial charge in [-0.15, -0.1) is 0 Å². The van der Waals surface area contributed by atoms with Crippen molar-refractivity contribution in [3.63, 3.8) is 0 Å². The lowest BCUT2D eigenvalue weighted by Crippen LogP contribution is -2.31. The van der Waals surface area contributed by atoms with Crippen molar-refractivity contribution in [2.45, 2.75) is 33.6 Å². The quantitative estimate of drug-likeness (QED) is 0.585. The van der Waals surface area contributed by atoms with Crippen LogP contribution in [0.15, 0.2) is 0 Å². The number of amides is 1. The van der Waals surface area contributed by atoms with Gasteiger partial charge in [-0.25, -0.2) is 0 Å². The van der Waals surface area contributed by atoms with Gasteiger partial charge in [0.15, 0.2) is 5.78 Å². The summed E-state index contributed by atoms with van der Waals surface area (Å²) in [5, 5.41) is 5.76. The zero-order valence-corrected chi connectivity index (χ0v) is 9.93. The second-order valence-corrected chi connectivity index (χ2v) is 3.85. The summed E-state index contributed by atoms with van der Waals surface area (Å²) in [5.74, 6) is 0.0315. The van der Waals surface area contributed by atoms with Crippen LogP contribution >= 0.6 is 0 Å². The molecular weight excluding hydrogens is 192 g/mol. The Kier molecular flexibility index (Phi) is 7.91. The summed E-state index contributed by atoms with van der Waals surface area (Å²) in [6.45, 7) is 7.63. The standard InChI is InChI=1S/C11H22N2O2/c1-4-12-7-5-6-11(15)13-8-10(14)9(2)3/h9,12H,4-8H2,1-3H3,(H,13,15). The van der Waals surface area contributed by atoms with Gasteiger partial charge < -0.3 is 10.6 Å². The first-order valence-corrected chi connectivity index (χ1v) is 5.58. The topological polar surface area (TPSA) is 58.2 Å². The Labute approximate surface area is 91.8 Å². The molecule has 0 spiro atoms. The van der Waals surface area contributed by atoms with Crippen LogP contribution in [0.25, 0.3) is 0 Å². The first-order valence-electron chi connectivity index (χ1n) is 5.58. The molecule has 15 heavy (non-hydrogen) atoms. The third kappa shape index (κ3) is 8.12. The summed E-state index contributed by atoms with van der Waals surface area (Å²) >= 11 is 0. The molecule has 0 saturated heterocycles. The highest BCUT2D eigenvalue weighted by atomic mass is 16.2. The van der Waals surface area contributed by atoms with E-state index in [1.807, 2.05) is 20.8 Å². The molecule has 0 fully saturated rings. The van der Waals surface area contributed by atoms with E-state index in [1.165, 1.54) is 0 Å². The average molecular weight is 214 g/mol. The van der Waals surface area contributed by atoms with Crippen molar-refractivity contribution in [3.05, 3.63) is 0 Å². The maximum atomic E-state index is 11.2. The van der Waals surface area contributed by atoms with Crippen LogP contribution in [0.1, 0.15) is 33.6 Å². The fourth-order valence-corrected chi connectivity index (χ4v) is 1.03. The van der Waals surface area contributed by atoms with E-state index in [2.05, 4.69) is 10.6 Å². The Hall–Kier alpha value is -0.900. The van der Waals surface area contributed by atoms with Crippen LogP contribution in [0.2, 0.25) is 0 Å². The zero-order chi connectivity index (χ0) is 11.7. The Balaban J connectivity index is 3.45. The van der Waals surface area contributed by atoms with Crippen LogP contribution in [0.3, 0.4) is 0 Å². The second kappa shape index (κ2) is 8.41. The van der Waals surface area contributed by atoms with Crippen molar-refractivity contribution in [3.8, 4) is 0 Å². The lowest BCUT2D eigenvalue weighted by atomic mass is 10.1. The molecule has 0 radical (unpaired) electrons. The van der Waals surface area contributed by atoms with Crippen molar-refractivity contribution in [1.29, 1.82) is 0 Å². The van der Waals surface area contributed by atoms with Gasteiger partial charge in [0.25, 0.3) is 0 Å². The molecule has 0 unspecified atom stereocenters. The van der Waals surface area contributed by atoms with Crippen molar-refractivity contribution >= 4 is 11.7 Å². The third-order valence-corrected chi connectivity index (χ3v) is 2.11. The van der Waals surface area contributed by atoms with Crippen LogP contribution < -0.4 is 10.6 Å². The minimum Gasteiger partial charge on any atom is -0.349 e. The van der Waals surface area contributed by atoms with Crippen molar-refractivity contribution in [2.75, 3.05) is 19.6 Å². The SMILES string of the molecule is CCNCCCC(=O)NCC(=O)C(C)C. The predicted molar refractivity (Wildman–Crippen MR) is 60.6 cm³/mol. The van der Waals surface area contributed by atoms with Gasteiger partial charge in [-0.1, -0.05) is 20.8 Å². The van der Waals surface area contributed by atoms with E-state index in [4.69, 9.17) is 0 Å². The Morgan fingerprint density at radius 3 is 2.47 bits per heavy atom. The predicted octanol–water partition coefficient (Wildman–Crippen LogP) is 0.717. The molecule has 0 aliphatic carbocycles. The van der Waals surface area contributed by atoms with E-state index in [1.54, 1.807) is 0 Å². The van der Waals surface area contributed by atoms with Crippen LogP contribution in [-0.4, -0.2) is 31.3 Å². The number of rotatable bonds is 8. The summed E-state index contributed by atoms with van der Waals surface area (Å²) < 4.78 is 0. The summed E-state index contributed by atoms with van der Waals surface area (Å²) in [6.07, 6.45) is 1.30. The lowest BCUT2D eigenvalue weighted by Gasteiger charge is -2.06. The highest BCUT2D eigenvalue weighted by molar-refractivity contribution is 5.87. The minimum absolute atomic E-state index is 0.00735. The third-order valence-electron chi connectivity index (χ3n) is 2.11. The van der Waals surface area contributed by atoms with Gasteiger partial charge in [-0.2, -0.15) is 0 Å². The van der Waals surface area contributed by atoms with E-state index in [9.17, 15) is 9.59 Å². The lowest BCUT2D eigenvalue weighted by molar-refractivity contribution is -0.126. The average Bonchev–Trinajstić information content (AvgIpc) is 2.20. The Morgan fingerprint density at radius 1 is 1.27 bits per heavy atom. The van der Waals surface area contributed by atoms with E-state index in [-0.39, 0.29) is 24.2 Å². The number of ketones is 1. The largest absolute Gasteiger partial charge is 0.349 e. The molecule has 0 aliphatic heterocycles. The van der Waals surface area contributed by atoms with Gasteiger partial charge in [0.2, 0.25) is 5.91 Å². The van der Waals surface area contributed by atoms with E-state index < -0.39 is 0 Å². The van der Waals surface area contributed by atoms with E-state index >= 15 is 0 Å². The molecule has 0 aliphatic rings. The maximum Gasteiger partial charge on any atom is 0.220 e. The molecule has 1 amide bonds. The van der Waals surface area contributed by atoms with Crippen LogP contribution in [0.4, 0.5) is 0 Å². The minimum atomic E-state index is -0.0399. The molecule has 4 nitrogen and oxygen atoms in total. The van der Waals surface area contributed by atoms with E-state index in [0.29, 0.717) is 6.42 Å². The van der Waals surface area contributed by atoms with Gasteiger partial charge in [-0.05, 0) is 19.5 Å². The molecule has 0 heterocycles. The van der Waals surface area contributed by atoms with Gasteiger partial charge in [-0.3, -0.25) is 9.59 Å². The van der Waals surface area contributed by atoms with Gasteiger partial charge in [0.1, 0.15) is 0 Å². The number of carbonyl (C=O) groups is 2. The van der Waals surface area contributed by atoms with Crippen LogP contribution in [0, 0.1) is 5.92 Å². The molecule has 0 rings (SSSR count). The van der Waals surface area contributed by atoms with E-state index in [0.717, 1.165) is 19.5 Å². The molecule has 88 valence electrons. The number of hydrogen-bond donors (Lipinski definition) is 2. The van der Waals surface area contributed by atoms with Crippen molar-refractivity contribution in [1.82, 2.24) is 10.6 Å².